The van der Waals surface area contributed by atoms with Crippen molar-refractivity contribution in [1.29, 1.82) is 0 Å². The Kier molecular flexibility index (Phi) is 3.88. The van der Waals surface area contributed by atoms with Crippen LogP contribution >= 0.6 is 45.9 Å². The van der Waals surface area contributed by atoms with E-state index in [2.05, 4.69) is 4.99 Å². The third-order valence-corrected chi connectivity index (χ3v) is 5.44. The van der Waals surface area contributed by atoms with Gasteiger partial charge < -0.3 is 4.57 Å². The van der Waals surface area contributed by atoms with E-state index < -0.39 is 5.91 Å². The Bertz CT molecular complexity index is 926. The number of aromatic nitrogens is 1. The van der Waals surface area contributed by atoms with Crippen LogP contribution in [0.15, 0.2) is 29.3 Å². The third kappa shape index (κ3) is 2.64. The summed E-state index contributed by atoms with van der Waals surface area (Å²) >= 11 is 14.1. The molecule has 108 valence electrons. The molecule has 0 atom stereocenters. The largest absolute Gasteiger partial charge is 0.317 e. The van der Waals surface area contributed by atoms with Gasteiger partial charge in [-0.2, -0.15) is 4.99 Å². The molecule has 0 aliphatic heterocycles. The zero-order valence-corrected chi connectivity index (χ0v) is 13.7. The molecule has 0 saturated heterocycles. The molecule has 0 aliphatic carbocycles. The first-order valence-electron chi connectivity index (χ1n) is 5.75. The van der Waals surface area contributed by atoms with E-state index in [0.29, 0.717) is 19.0 Å². The molecule has 1 amide bonds. The second-order valence-electron chi connectivity index (χ2n) is 4.19. The fourth-order valence-electron chi connectivity index (χ4n) is 1.90. The van der Waals surface area contributed by atoms with Gasteiger partial charge in [0.2, 0.25) is 0 Å². The second kappa shape index (κ2) is 5.53. The summed E-state index contributed by atoms with van der Waals surface area (Å²) in [6, 6.07) is 6.25. The normalized spacial score (nSPS) is 12.3. The van der Waals surface area contributed by atoms with Crippen LogP contribution in [0.5, 0.6) is 0 Å². The Balaban J connectivity index is 2.16. The van der Waals surface area contributed by atoms with Crippen molar-refractivity contribution in [2.75, 3.05) is 0 Å². The number of fused-ring (bicyclic) bond motifs is 1. The van der Waals surface area contributed by atoms with E-state index in [0.717, 1.165) is 16.0 Å². The minimum absolute atomic E-state index is 0.254. The predicted octanol–water partition coefficient (Wildman–Crippen LogP) is 4.49. The maximum Gasteiger partial charge on any atom is 0.282 e. The number of aryl methyl sites for hydroxylation is 1. The van der Waals surface area contributed by atoms with Gasteiger partial charge >= 0.3 is 0 Å². The van der Waals surface area contributed by atoms with E-state index >= 15 is 0 Å². The van der Waals surface area contributed by atoms with Gasteiger partial charge in [-0.25, -0.2) is 4.39 Å². The topological polar surface area (TPSA) is 34.4 Å². The van der Waals surface area contributed by atoms with Gasteiger partial charge in [0, 0.05) is 7.05 Å². The lowest BCUT2D eigenvalue weighted by molar-refractivity contribution is 0.0998. The van der Waals surface area contributed by atoms with E-state index in [1.54, 1.807) is 23.7 Å². The first-order valence-corrected chi connectivity index (χ1v) is 8.14. The number of carbonyl (C=O) groups excluding carboxylic acids is 1. The van der Waals surface area contributed by atoms with Crippen molar-refractivity contribution >= 4 is 62.0 Å². The minimum atomic E-state index is -0.495. The number of hydrogen-bond acceptors (Lipinski definition) is 3. The molecule has 3 aromatic rings. The van der Waals surface area contributed by atoms with Gasteiger partial charge in [-0.3, -0.25) is 4.79 Å². The average Bonchev–Trinajstić information content (AvgIpc) is 2.91. The van der Waals surface area contributed by atoms with Crippen molar-refractivity contribution in [3.05, 3.63) is 49.1 Å². The van der Waals surface area contributed by atoms with Crippen LogP contribution in [0.1, 0.15) is 10.4 Å². The molecule has 0 bridgehead atoms. The van der Waals surface area contributed by atoms with Gasteiger partial charge in [0.25, 0.3) is 5.91 Å². The molecule has 0 aliphatic rings. The quantitative estimate of drug-likeness (QED) is 0.629. The lowest BCUT2D eigenvalue weighted by Crippen LogP contribution is -2.13. The maximum atomic E-state index is 13.8. The number of carbonyl (C=O) groups is 1. The Morgan fingerprint density at radius 3 is 2.71 bits per heavy atom. The minimum Gasteiger partial charge on any atom is -0.317 e. The molecular formula is C13H7Cl2FN2OS2. The van der Waals surface area contributed by atoms with Crippen LogP contribution in [-0.4, -0.2) is 10.5 Å². The molecule has 0 fully saturated rings. The molecule has 0 saturated carbocycles. The maximum absolute atomic E-state index is 13.8. The molecule has 1 aromatic carbocycles. The Morgan fingerprint density at radius 2 is 2.10 bits per heavy atom. The Morgan fingerprint density at radius 1 is 1.33 bits per heavy atom. The van der Waals surface area contributed by atoms with Crippen LogP contribution in [-0.2, 0) is 7.05 Å². The molecule has 3 nitrogen and oxygen atoms in total. The SMILES string of the molecule is Cn1c(=NC(=O)c2cc(Cl)sc2Cl)sc2cccc(F)c21. The molecule has 0 N–H and O–H groups in total. The van der Waals surface area contributed by atoms with Crippen molar-refractivity contribution < 1.29 is 9.18 Å². The first kappa shape index (κ1) is 14.7. The number of nitrogens with zero attached hydrogens (tertiary/aromatic N) is 2. The summed E-state index contributed by atoms with van der Waals surface area (Å²) in [5.74, 6) is -0.845. The number of hydrogen-bond donors (Lipinski definition) is 0. The number of halogens is 3. The molecule has 21 heavy (non-hydrogen) atoms. The standard InChI is InChI=1S/C13H7Cl2FN2OS2/c1-18-10-7(16)3-2-4-8(10)20-13(18)17-12(19)6-5-9(14)21-11(6)15/h2-5H,1H3. The van der Waals surface area contributed by atoms with Gasteiger partial charge in [0.1, 0.15) is 10.2 Å². The Hall–Kier alpha value is -1.21. The zero-order chi connectivity index (χ0) is 15.1. The van der Waals surface area contributed by atoms with Crippen LogP contribution in [0.25, 0.3) is 10.2 Å². The molecule has 0 radical (unpaired) electrons. The lowest BCUT2D eigenvalue weighted by atomic mass is 10.3. The van der Waals surface area contributed by atoms with E-state index in [1.165, 1.54) is 23.5 Å². The van der Waals surface area contributed by atoms with Crippen molar-refractivity contribution in [3.8, 4) is 0 Å². The van der Waals surface area contributed by atoms with E-state index in [4.69, 9.17) is 23.2 Å². The molecule has 2 heterocycles. The highest BCUT2D eigenvalue weighted by molar-refractivity contribution is 7.20. The van der Waals surface area contributed by atoms with Crippen molar-refractivity contribution in [1.82, 2.24) is 4.57 Å². The number of benzene rings is 1. The summed E-state index contributed by atoms with van der Waals surface area (Å²) in [5.41, 5.74) is 0.674. The number of thiophene rings is 1. The van der Waals surface area contributed by atoms with Gasteiger partial charge in [0.15, 0.2) is 4.80 Å². The van der Waals surface area contributed by atoms with Crippen LogP contribution in [0, 0.1) is 5.82 Å². The monoisotopic (exact) mass is 360 g/mol. The van der Waals surface area contributed by atoms with Crippen molar-refractivity contribution in [2.45, 2.75) is 0 Å². The first-order chi connectivity index (χ1) is 9.97. The van der Waals surface area contributed by atoms with E-state index in [1.807, 2.05) is 0 Å². The van der Waals surface area contributed by atoms with Crippen LogP contribution in [0.3, 0.4) is 0 Å². The summed E-state index contributed by atoms with van der Waals surface area (Å²) in [6.07, 6.45) is 0. The molecular weight excluding hydrogens is 354 g/mol. The van der Waals surface area contributed by atoms with Crippen LogP contribution < -0.4 is 4.80 Å². The number of para-hydroxylation sites is 1. The summed E-state index contributed by atoms with van der Waals surface area (Å²) in [5, 5.41) is 0. The number of thiazole rings is 1. The number of rotatable bonds is 1. The van der Waals surface area contributed by atoms with Crippen molar-refractivity contribution in [3.63, 3.8) is 0 Å². The van der Waals surface area contributed by atoms with E-state index in [9.17, 15) is 9.18 Å². The molecule has 0 unspecified atom stereocenters. The Labute approximate surface area is 136 Å². The molecule has 3 rings (SSSR count). The van der Waals surface area contributed by atoms with Crippen LogP contribution in [0.4, 0.5) is 4.39 Å². The number of amides is 1. The zero-order valence-electron chi connectivity index (χ0n) is 10.6. The third-order valence-electron chi connectivity index (χ3n) is 2.86. The summed E-state index contributed by atoms with van der Waals surface area (Å²) in [4.78, 5) is 16.6. The fourth-order valence-corrected chi connectivity index (χ4v) is 4.38. The summed E-state index contributed by atoms with van der Waals surface area (Å²) < 4.78 is 16.8. The lowest BCUT2D eigenvalue weighted by Gasteiger charge is -1.96. The van der Waals surface area contributed by atoms with E-state index in [-0.39, 0.29) is 11.4 Å². The molecule has 0 spiro atoms. The highest BCUT2D eigenvalue weighted by Crippen LogP contribution is 2.31. The van der Waals surface area contributed by atoms with Gasteiger partial charge in [0.05, 0.1) is 20.1 Å². The van der Waals surface area contributed by atoms with Gasteiger partial charge in [-0.1, -0.05) is 40.6 Å². The van der Waals surface area contributed by atoms with Gasteiger partial charge in [-0.05, 0) is 18.2 Å². The fraction of sp³-hybridized carbons (Fsp3) is 0.0769. The summed E-state index contributed by atoms with van der Waals surface area (Å²) in [6.45, 7) is 0. The molecule has 2 aromatic heterocycles. The summed E-state index contributed by atoms with van der Waals surface area (Å²) in [7, 11) is 1.66. The van der Waals surface area contributed by atoms with Crippen LogP contribution in [0.2, 0.25) is 8.67 Å². The highest BCUT2D eigenvalue weighted by Gasteiger charge is 2.15. The average molecular weight is 361 g/mol. The van der Waals surface area contributed by atoms with Gasteiger partial charge in [-0.15, -0.1) is 11.3 Å². The predicted molar refractivity (Wildman–Crippen MR) is 85.0 cm³/mol. The second-order valence-corrected chi connectivity index (χ2v) is 7.48. The highest BCUT2D eigenvalue weighted by atomic mass is 35.5. The smallest absolute Gasteiger partial charge is 0.282 e. The van der Waals surface area contributed by atoms with Crippen molar-refractivity contribution in [2.24, 2.45) is 12.0 Å². The molecule has 8 heteroatoms.